The minimum Gasteiger partial charge on any atom is -0.445 e. The topological polar surface area (TPSA) is 75.7 Å². The SMILES string of the molecule is C[C@@H](CN1C(=O)c2ccccc2C1=O)NC(=O)OCc1ccccc1. The van der Waals surface area contributed by atoms with Gasteiger partial charge in [0.1, 0.15) is 6.61 Å². The van der Waals surface area contributed by atoms with E-state index in [4.69, 9.17) is 4.74 Å². The molecule has 6 heteroatoms. The molecule has 1 heterocycles. The number of carbonyl (C=O) groups is 3. The molecule has 1 aliphatic rings. The number of nitrogens with zero attached hydrogens (tertiary/aromatic N) is 1. The third-order valence-corrected chi connectivity index (χ3v) is 3.91. The van der Waals surface area contributed by atoms with Crippen molar-refractivity contribution in [2.45, 2.75) is 19.6 Å². The fraction of sp³-hybridized carbons (Fsp3) is 0.211. The average molecular weight is 338 g/mol. The number of imide groups is 1. The van der Waals surface area contributed by atoms with Crippen molar-refractivity contribution in [3.05, 3.63) is 71.3 Å². The second-order valence-electron chi connectivity index (χ2n) is 5.87. The second kappa shape index (κ2) is 7.17. The molecule has 1 atom stereocenters. The Balaban J connectivity index is 1.53. The average Bonchev–Trinajstić information content (AvgIpc) is 2.86. The number of benzene rings is 2. The normalized spacial score (nSPS) is 14.2. The Kier molecular flexibility index (Phi) is 4.79. The van der Waals surface area contributed by atoms with Gasteiger partial charge in [0.2, 0.25) is 0 Å². The molecule has 2 aromatic carbocycles. The third kappa shape index (κ3) is 3.68. The largest absolute Gasteiger partial charge is 0.445 e. The van der Waals surface area contributed by atoms with Crippen LogP contribution in [0.4, 0.5) is 4.79 Å². The molecule has 6 nitrogen and oxygen atoms in total. The maximum absolute atomic E-state index is 12.3. The van der Waals surface area contributed by atoms with Gasteiger partial charge in [-0.25, -0.2) is 4.79 Å². The summed E-state index contributed by atoms with van der Waals surface area (Å²) in [5, 5.41) is 2.64. The van der Waals surface area contributed by atoms with Crippen molar-refractivity contribution in [1.82, 2.24) is 10.2 Å². The number of hydrogen-bond acceptors (Lipinski definition) is 4. The first-order chi connectivity index (χ1) is 12.1. The molecule has 0 radical (unpaired) electrons. The van der Waals surface area contributed by atoms with Gasteiger partial charge in [-0.15, -0.1) is 0 Å². The minimum absolute atomic E-state index is 0.0901. The van der Waals surface area contributed by atoms with E-state index < -0.39 is 12.1 Å². The number of amides is 3. The van der Waals surface area contributed by atoms with Crippen LogP contribution in [0.15, 0.2) is 54.6 Å². The van der Waals surface area contributed by atoms with E-state index in [0.29, 0.717) is 11.1 Å². The van der Waals surface area contributed by atoms with Crippen molar-refractivity contribution in [2.75, 3.05) is 6.54 Å². The van der Waals surface area contributed by atoms with Gasteiger partial charge >= 0.3 is 6.09 Å². The molecular formula is C19H18N2O4. The summed E-state index contributed by atoms with van der Waals surface area (Å²) in [5.74, 6) is -0.682. The Hall–Kier alpha value is -3.15. The lowest BCUT2D eigenvalue weighted by atomic mass is 10.1. The van der Waals surface area contributed by atoms with Crippen LogP contribution in [-0.4, -0.2) is 35.4 Å². The predicted octanol–water partition coefficient (Wildman–Crippen LogP) is 2.60. The van der Waals surface area contributed by atoms with Gasteiger partial charge in [0.25, 0.3) is 11.8 Å². The number of rotatable bonds is 5. The highest BCUT2D eigenvalue weighted by Gasteiger charge is 2.35. The molecule has 1 N–H and O–H groups in total. The van der Waals surface area contributed by atoms with E-state index in [1.807, 2.05) is 30.3 Å². The monoisotopic (exact) mass is 338 g/mol. The number of nitrogens with one attached hydrogen (secondary N) is 1. The van der Waals surface area contributed by atoms with Crippen molar-refractivity contribution >= 4 is 17.9 Å². The van der Waals surface area contributed by atoms with E-state index in [2.05, 4.69) is 5.32 Å². The fourth-order valence-electron chi connectivity index (χ4n) is 2.69. The lowest BCUT2D eigenvalue weighted by Crippen LogP contribution is -2.44. The molecule has 0 saturated carbocycles. The number of alkyl carbamates (subject to hydrolysis) is 1. The molecule has 0 spiro atoms. The highest BCUT2D eigenvalue weighted by Crippen LogP contribution is 2.22. The smallest absolute Gasteiger partial charge is 0.407 e. The highest BCUT2D eigenvalue weighted by molar-refractivity contribution is 6.21. The van der Waals surface area contributed by atoms with Crippen LogP contribution < -0.4 is 5.32 Å². The van der Waals surface area contributed by atoms with E-state index in [9.17, 15) is 14.4 Å². The van der Waals surface area contributed by atoms with Gasteiger partial charge in [-0.05, 0) is 24.6 Å². The van der Waals surface area contributed by atoms with Crippen LogP contribution in [0.2, 0.25) is 0 Å². The zero-order valence-corrected chi connectivity index (χ0v) is 13.8. The van der Waals surface area contributed by atoms with Crippen LogP contribution in [0, 0.1) is 0 Å². The number of fused-ring (bicyclic) bond motifs is 1. The van der Waals surface area contributed by atoms with E-state index in [1.165, 1.54) is 0 Å². The first kappa shape index (κ1) is 16.7. The van der Waals surface area contributed by atoms with Crippen molar-refractivity contribution in [3.63, 3.8) is 0 Å². The second-order valence-corrected chi connectivity index (χ2v) is 5.87. The first-order valence-electron chi connectivity index (χ1n) is 7.98. The minimum atomic E-state index is -0.590. The van der Waals surface area contributed by atoms with Gasteiger partial charge in [0, 0.05) is 12.6 Å². The predicted molar refractivity (Wildman–Crippen MR) is 91.0 cm³/mol. The Morgan fingerprint density at radius 1 is 1.00 bits per heavy atom. The summed E-state index contributed by atoms with van der Waals surface area (Å²) in [7, 11) is 0. The van der Waals surface area contributed by atoms with Crippen molar-refractivity contribution in [1.29, 1.82) is 0 Å². The molecule has 0 unspecified atom stereocenters. The zero-order chi connectivity index (χ0) is 17.8. The number of carbonyl (C=O) groups excluding carboxylic acids is 3. The molecule has 0 saturated heterocycles. The van der Waals surface area contributed by atoms with Crippen molar-refractivity contribution < 1.29 is 19.1 Å². The van der Waals surface area contributed by atoms with Crippen LogP contribution in [0.3, 0.4) is 0 Å². The van der Waals surface area contributed by atoms with Gasteiger partial charge in [0.05, 0.1) is 11.1 Å². The molecule has 0 fully saturated rings. The summed E-state index contributed by atoms with van der Waals surface area (Å²) in [5.41, 5.74) is 1.67. The molecule has 0 aliphatic carbocycles. The van der Waals surface area contributed by atoms with Gasteiger partial charge in [-0.1, -0.05) is 42.5 Å². The Labute approximate surface area is 145 Å². The molecule has 128 valence electrons. The number of ether oxygens (including phenoxy) is 1. The number of hydrogen-bond donors (Lipinski definition) is 1. The van der Waals surface area contributed by atoms with Crippen molar-refractivity contribution in [2.24, 2.45) is 0 Å². The summed E-state index contributed by atoms with van der Waals surface area (Å²) in [6.45, 7) is 1.96. The maximum Gasteiger partial charge on any atom is 0.407 e. The third-order valence-electron chi connectivity index (χ3n) is 3.91. The molecular weight excluding hydrogens is 320 g/mol. The first-order valence-corrected chi connectivity index (χ1v) is 7.98. The van der Waals surface area contributed by atoms with Crippen LogP contribution in [0.1, 0.15) is 33.2 Å². The van der Waals surface area contributed by atoms with E-state index in [-0.39, 0.29) is 25.0 Å². The molecule has 0 aromatic heterocycles. The maximum atomic E-state index is 12.3. The Morgan fingerprint density at radius 3 is 2.16 bits per heavy atom. The van der Waals surface area contributed by atoms with Crippen LogP contribution in [0.5, 0.6) is 0 Å². The highest BCUT2D eigenvalue weighted by atomic mass is 16.5. The molecule has 2 aromatic rings. The quantitative estimate of drug-likeness (QED) is 0.850. The van der Waals surface area contributed by atoms with E-state index in [0.717, 1.165) is 10.5 Å². The molecule has 1 aliphatic heterocycles. The molecule has 3 amide bonds. The van der Waals surface area contributed by atoms with Gasteiger partial charge in [0.15, 0.2) is 0 Å². The van der Waals surface area contributed by atoms with Crippen LogP contribution in [0.25, 0.3) is 0 Å². The molecule has 3 rings (SSSR count). The van der Waals surface area contributed by atoms with E-state index in [1.54, 1.807) is 31.2 Å². The summed E-state index contributed by atoms with van der Waals surface area (Å²) >= 11 is 0. The fourth-order valence-corrected chi connectivity index (χ4v) is 2.69. The lowest BCUT2D eigenvalue weighted by Gasteiger charge is -2.20. The van der Waals surface area contributed by atoms with E-state index >= 15 is 0 Å². The molecule has 0 bridgehead atoms. The Morgan fingerprint density at radius 2 is 1.56 bits per heavy atom. The van der Waals surface area contributed by atoms with Gasteiger partial charge in [-0.2, -0.15) is 0 Å². The lowest BCUT2D eigenvalue weighted by molar-refractivity contribution is 0.0635. The summed E-state index contributed by atoms with van der Waals surface area (Å²) in [4.78, 5) is 37.6. The zero-order valence-electron chi connectivity index (χ0n) is 13.8. The summed E-state index contributed by atoms with van der Waals surface area (Å²) < 4.78 is 5.14. The van der Waals surface area contributed by atoms with Crippen molar-refractivity contribution in [3.8, 4) is 0 Å². The summed E-state index contributed by atoms with van der Waals surface area (Å²) in [6, 6.07) is 15.6. The summed E-state index contributed by atoms with van der Waals surface area (Å²) in [6.07, 6.45) is -0.590. The standard InChI is InChI=1S/C19H18N2O4/c1-13(20-19(24)25-12-14-7-3-2-4-8-14)11-21-17(22)15-9-5-6-10-16(15)18(21)23/h2-10,13H,11-12H2,1H3,(H,20,24)/t13-/m0/s1. The van der Waals surface area contributed by atoms with Crippen LogP contribution >= 0.6 is 0 Å². The molecule has 25 heavy (non-hydrogen) atoms. The van der Waals surface area contributed by atoms with Gasteiger partial charge in [-0.3, -0.25) is 14.5 Å². The van der Waals surface area contributed by atoms with Crippen LogP contribution in [-0.2, 0) is 11.3 Å². The Bertz CT molecular complexity index is 769. The van der Waals surface area contributed by atoms with Gasteiger partial charge < -0.3 is 10.1 Å².